The Kier molecular flexibility index (Phi) is 4.59. The van der Waals surface area contributed by atoms with Gasteiger partial charge in [-0.15, -0.1) is 0 Å². The minimum Gasteiger partial charge on any atom is -0.326 e. The second-order valence-electron chi connectivity index (χ2n) is 7.95. The topological polar surface area (TPSA) is 26.0 Å². The summed E-state index contributed by atoms with van der Waals surface area (Å²) in [5, 5.41) is 0. The highest BCUT2D eigenvalue weighted by molar-refractivity contribution is 5.39. The monoisotopic (exact) mass is 307 g/mol. The molecule has 0 atom stereocenters. The molecule has 1 nitrogen and oxygen atoms in total. The van der Waals surface area contributed by atoms with E-state index >= 15 is 0 Å². The van der Waals surface area contributed by atoms with Crippen molar-refractivity contribution in [1.82, 2.24) is 0 Å². The van der Waals surface area contributed by atoms with Crippen LogP contribution in [-0.2, 0) is 5.41 Å². The molecule has 1 aliphatic carbocycles. The number of hydrogen-bond donors (Lipinski definition) is 1. The van der Waals surface area contributed by atoms with Gasteiger partial charge in [-0.05, 0) is 63.0 Å². The predicted molar refractivity (Wildman–Crippen MR) is 98.5 cm³/mol. The number of rotatable bonds is 4. The fraction of sp³-hybridized carbons (Fsp3) is 0.455. The molecule has 1 aliphatic rings. The fourth-order valence-electron chi connectivity index (χ4n) is 4.38. The summed E-state index contributed by atoms with van der Waals surface area (Å²) in [6.07, 6.45) is 6.12. The average Bonchev–Trinajstić information content (AvgIpc) is 2.56. The van der Waals surface area contributed by atoms with E-state index in [4.69, 9.17) is 5.73 Å². The van der Waals surface area contributed by atoms with E-state index in [0.29, 0.717) is 0 Å². The highest BCUT2D eigenvalue weighted by Crippen LogP contribution is 2.47. The Labute approximate surface area is 140 Å². The molecular weight excluding hydrogens is 278 g/mol. The lowest BCUT2D eigenvalue weighted by molar-refractivity contribution is 0.225. The summed E-state index contributed by atoms with van der Waals surface area (Å²) in [6, 6.07) is 22.2. The van der Waals surface area contributed by atoms with Crippen molar-refractivity contribution in [3.8, 4) is 0 Å². The zero-order chi connectivity index (χ0) is 16.3. The summed E-state index contributed by atoms with van der Waals surface area (Å²) in [5.41, 5.74) is 9.32. The maximum atomic E-state index is 6.26. The average molecular weight is 307 g/mol. The van der Waals surface area contributed by atoms with Gasteiger partial charge in [-0.3, -0.25) is 0 Å². The van der Waals surface area contributed by atoms with Crippen molar-refractivity contribution in [2.24, 2.45) is 11.7 Å². The van der Waals surface area contributed by atoms with Crippen LogP contribution in [0.3, 0.4) is 0 Å². The smallest absolute Gasteiger partial charge is 0.0203 e. The van der Waals surface area contributed by atoms with Crippen molar-refractivity contribution in [2.75, 3.05) is 0 Å². The molecular formula is C22H29N. The molecule has 2 N–H and O–H groups in total. The van der Waals surface area contributed by atoms with E-state index < -0.39 is 0 Å². The largest absolute Gasteiger partial charge is 0.326 e. The van der Waals surface area contributed by atoms with Gasteiger partial charge in [0.1, 0.15) is 0 Å². The van der Waals surface area contributed by atoms with E-state index in [1.165, 1.54) is 36.8 Å². The molecule has 1 fully saturated rings. The Morgan fingerprint density at radius 1 is 0.870 bits per heavy atom. The van der Waals surface area contributed by atoms with E-state index in [9.17, 15) is 0 Å². The molecule has 0 unspecified atom stereocenters. The first kappa shape index (κ1) is 16.3. The first-order valence-corrected chi connectivity index (χ1v) is 8.90. The van der Waals surface area contributed by atoms with Crippen LogP contribution in [0, 0.1) is 5.92 Å². The molecule has 0 aromatic heterocycles. The van der Waals surface area contributed by atoms with E-state index in [2.05, 4.69) is 74.5 Å². The van der Waals surface area contributed by atoms with Crippen molar-refractivity contribution in [3.05, 3.63) is 71.8 Å². The minimum absolute atomic E-state index is 0.0514. The van der Waals surface area contributed by atoms with Crippen LogP contribution in [0.2, 0.25) is 0 Å². The lowest BCUT2D eigenvalue weighted by Gasteiger charge is -2.42. The molecule has 2 aromatic carbocycles. The first-order chi connectivity index (χ1) is 11.0. The molecule has 0 bridgehead atoms. The Balaban J connectivity index is 1.88. The van der Waals surface area contributed by atoms with Crippen LogP contribution < -0.4 is 5.73 Å². The molecule has 0 aliphatic heterocycles. The van der Waals surface area contributed by atoms with Gasteiger partial charge in [-0.2, -0.15) is 0 Å². The zero-order valence-electron chi connectivity index (χ0n) is 14.5. The van der Waals surface area contributed by atoms with Crippen LogP contribution in [0.25, 0.3) is 0 Å². The SMILES string of the molecule is CC(C)(N)CC1CCC(c2ccccc2)(c2ccccc2)CC1. The molecule has 0 spiro atoms. The Morgan fingerprint density at radius 2 is 1.30 bits per heavy atom. The molecule has 3 rings (SSSR count). The van der Waals surface area contributed by atoms with Gasteiger partial charge >= 0.3 is 0 Å². The van der Waals surface area contributed by atoms with Gasteiger partial charge in [0.25, 0.3) is 0 Å². The van der Waals surface area contributed by atoms with Crippen LogP contribution in [0.15, 0.2) is 60.7 Å². The van der Waals surface area contributed by atoms with Crippen LogP contribution in [0.4, 0.5) is 0 Å². The lowest BCUT2D eigenvalue weighted by atomic mass is 9.62. The summed E-state index contributed by atoms with van der Waals surface area (Å²) in [5.74, 6) is 0.760. The molecule has 122 valence electrons. The summed E-state index contributed by atoms with van der Waals surface area (Å²) >= 11 is 0. The van der Waals surface area contributed by atoms with Crippen LogP contribution in [0.5, 0.6) is 0 Å². The molecule has 0 radical (unpaired) electrons. The quantitative estimate of drug-likeness (QED) is 0.816. The van der Waals surface area contributed by atoms with Crippen LogP contribution in [-0.4, -0.2) is 5.54 Å². The summed E-state index contributed by atoms with van der Waals surface area (Å²) < 4.78 is 0. The van der Waals surface area contributed by atoms with Crippen molar-refractivity contribution in [3.63, 3.8) is 0 Å². The molecule has 1 saturated carbocycles. The van der Waals surface area contributed by atoms with Gasteiger partial charge < -0.3 is 5.73 Å². The van der Waals surface area contributed by atoms with Gasteiger partial charge in [-0.1, -0.05) is 60.7 Å². The third kappa shape index (κ3) is 3.67. The molecule has 0 heterocycles. The van der Waals surface area contributed by atoms with Crippen LogP contribution >= 0.6 is 0 Å². The zero-order valence-corrected chi connectivity index (χ0v) is 14.5. The number of hydrogen-bond acceptors (Lipinski definition) is 1. The van der Waals surface area contributed by atoms with Gasteiger partial charge in [0, 0.05) is 11.0 Å². The van der Waals surface area contributed by atoms with Gasteiger partial charge in [-0.25, -0.2) is 0 Å². The third-order valence-corrected chi connectivity index (χ3v) is 5.43. The predicted octanol–water partition coefficient (Wildman–Crippen LogP) is 5.29. The van der Waals surface area contributed by atoms with E-state index in [1.807, 2.05) is 0 Å². The maximum Gasteiger partial charge on any atom is 0.0203 e. The van der Waals surface area contributed by atoms with Crippen molar-refractivity contribution >= 4 is 0 Å². The molecule has 23 heavy (non-hydrogen) atoms. The summed E-state index contributed by atoms with van der Waals surface area (Å²) in [6.45, 7) is 4.31. The van der Waals surface area contributed by atoms with Crippen molar-refractivity contribution in [1.29, 1.82) is 0 Å². The van der Waals surface area contributed by atoms with Crippen molar-refractivity contribution < 1.29 is 0 Å². The lowest BCUT2D eigenvalue weighted by Crippen LogP contribution is -2.38. The highest BCUT2D eigenvalue weighted by atomic mass is 14.7. The summed E-state index contributed by atoms with van der Waals surface area (Å²) in [4.78, 5) is 0. The van der Waals surface area contributed by atoms with E-state index in [0.717, 1.165) is 12.3 Å². The molecule has 1 heteroatoms. The normalized spacial score (nSPS) is 18.7. The Hall–Kier alpha value is -1.60. The number of benzene rings is 2. The molecule has 0 amide bonds. The Bertz CT molecular complexity index is 560. The highest BCUT2D eigenvalue weighted by Gasteiger charge is 2.38. The first-order valence-electron chi connectivity index (χ1n) is 8.90. The summed E-state index contributed by atoms with van der Waals surface area (Å²) in [7, 11) is 0. The van der Waals surface area contributed by atoms with E-state index in [1.54, 1.807) is 0 Å². The fourth-order valence-corrected chi connectivity index (χ4v) is 4.38. The third-order valence-electron chi connectivity index (χ3n) is 5.43. The second-order valence-corrected chi connectivity index (χ2v) is 7.95. The van der Waals surface area contributed by atoms with Crippen LogP contribution in [0.1, 0.15) is 57.1 Å². The number of nitrogens with two attached hydrogens (primary N) is 1. The molecule has 0 saturated heterocycles. The van der Waals surface area contributed by atoms with E-state index in [-0.39, 0.29) is 11.0 Å². The maximum absolute atomic E-state index is 6.26. The standard InChI is InChI=1S/C22H29N/c1-21(2,23)17-18-13-15-22(16-14-18,19-9-5-3-6-10-19)20-11-7-4-8-12-20/h3-12,18H,13-17,23H2,1-2H3. The van der Waals surface area contributed by atoms with Gasteiger partial charge in [0.05, 0.1) is 0 Å². The second kappa shape index (κ2) is 6.49. The Morgan fingerprint density at radius 3 is 1.70 bits per heavy atom. The minimum atomic E-state index is -0.0514. The van der Waals surface area contributed by atoms with Crippen molar-refractivity contribution in [2.45, 2.75) is 56.9 Å². The molecule has 2 aromatic rings. The van der Waals surface area contributed by atoms with Gasteiger partial charge in [0.15, 0.2) is 0 Å². The van der Waals surface area contributed by atoms with Gasteiger partial charge in [0.2, 0.25) is 0 Å².